The Morgan fingerprint density at radius 3 is 2.11 bits per heavy atom. The number of para-hydroxylation sites is 1. The number of alkyl carbamates (subject to hydrolysis) is 1. The number of rotatable bonds is 7. The molecule has 0 aliphatic heterocycles. The summed E-state index contributed by atoms with van der Waals surface area (Å²) in [6.45, 7) is 10.5. The zero-order valence-electron chi connectivity index (χ0n) is 21.7. The number of nitrogens with zero attached hydrogens (tertiary/aromatic N) is 1. The maximum absolute atomic E-state index is 13.8. The zero-order valence-corrected chi connectivity index (χ0v) is 21.7. The van der Waals surface area contributed by atoms with Gasteiger partial charge in [-0.1, -0.05) is 55.0 Å². The summed E-state index contributed by atoms with van der Waals surface area (Å²) in [6.07, 6.45) is 5.08. The molecule has 2 aromatic carbocycles. The summed E-state index contributed by atoms with van der Waals surface area (Å²) in [7, 11) is 0. The van der Waals surface area contributed by atoms with Gasteiger partial charge in [-0.15, -0.1) is 0 Å². The second-order valence-corrected chi connectivity index (χ2v) is 10.4. The molecule has 0 heterocycles. The SMILES string of the molecule is C#CN(C(=O)C(Cc1ccccc1)NC(=O)OC(C)(C)C)C(C(=O)NC(C)(C)C)c1ccccc1O. The van der Waals surface area contributed by atoms with Crippen LogP contribution in [0.5, 0.6) is 5.75 Å². The molecule has 8 heteroatoms. The Morgan fingerprint density at radius 1 is 1.00 bits per heavy atom. The van der Waals surface area contributed by atoms with E-state index in [1.807, 2.05) is 30.3 Å². The lowest BCUT2D eigenvalue weighted by Crippen LogP contribution is -2.53. The molecule has 0 aliphatic carbocycles. The third kappa shape index (κ3) is 8.35. The first-order chi connectivity index (χ1) is 16.7. The minimum atomic E-state index is -1.35. The van der Waals surface area contributed by atoms with E-state index in [0.717, 1.165) is 10.5 Å². The van der Waals surface area contributed by atoms with E-state index in [4.69, 9.17) is 11.2 Å². The number of phenolic OH excluding ortho intramolecular Hbond substituents is 1. The zero-order chi connectivity index (χ0) is 27.1. The van der Waals surface area contributed by atoms with Crippen molar-refractivity contribution in [3.8, 4) is 18.2 Å². The van der Waals surface area contributed by atoms with Crippen molar-refractivity contribution < 1.29 is 24.2 Å². The molecule has 0 saturated heterocycles. The van der Waals surface area contributed by atoms with Crippen LogP contribution in [0.4, 0.5) is 4.79 Å². The molecule has 0 radical (unpaired) electrons. The lowest BCUT2D eigenvalue weighted by Gasteiger charge is -2.32. The predicted molar refractivity (Wildman–Crippen MR) is 138 cm³/mol. The van der Waals surface area contributed by atoms with Crippen molar-refractivity contribution in [3.05, 3.63) is 65.7 Å². The number of aromatic hydroxyl groups is 1. The fourth-order valence-corrected chi connectivity index (χ4v) is 3.49. The van der Waals surface area contributed by atoms with Crippen LogP contribution in [-0.2, 0) is 20.7 Å². The van der Waals surface area contributed by atoms with Crippen LogP contribution in [0, 0.1) is 12.5 Å². The van der Waals surface area contributed by atoms with Gasteiger partial charge in [0, 0.05) is 23.6 Å². The summed E-state index contributed by atoms with van der Waals surface area (Å²) < 4.78 is 5.36. The molecule has 0 aliphatic rings. The molecular formula is C28H35N3O5. The Kier molecular flexibility index (Phi) is 9.12. The van der Waals surface area contributed by atoms with Crippen molar-refractivity contribution in [3.63, 3.8) is 0 Å². The van der Waals surface area contributed by atoms with Crippen LogP contribution in [0.25, 0.3) is 0 Å². The molecule has 0 spiro atoms. The summed E-state index contributed by atoms with van der Waals surface area (Å²) in [6, 6.07) is 15.0. The van der Waals surface area contributed by atoms with Gasteiger partial charge >= 0.3 is 6.09 Å². The summed E-state index contributed by atoms with van der Waals surface area (Å²) >= 11 is 0. The van der Waals surface area contributed by atoms with E-state index >= 15 is 0 Å². The van der Waals surface area contributed by atoms with Crippen LogP contribution in [0.15, 0.2) is 54.6 Å². The minimum Gasteiger partial charge on any atom is -0.508 e. The second kappa shape index (κ2) is 11.6. The highest BCUT2D eigenvalue weighted by atomic mass is 16.6. The van der Waals surface area contributed by atoms with Crippen LogP contribution >= 0.6 is 0 Å². The summed E-state index contributed by atoms with van der Waals surface area (Å²) in [5.74, 6) is -1.48. The molecule has 8 nitrogen and oxygen atoms in total. The first-order valence-electron chi connectivity index (χ1n) is 11.6. The van der Waals surface area contributed by atoms with Crippen molar-refractivity contribution in [2.75, 3.05) is 0 Å². The number of phenols is 1. The highest BCUT2D eigenvalue weighted by Gasteiger charge is 2.38. The average Bonchev–Trinajstić information content (AvgIpc) is 2.75. The van der Waals surface area contributed by atoms with Crippen molar-refractivity contribution in [2.45, 2.75) is 71.2 Å². The summed E-state index contributed by atoms with van der Waals surface area (Å²) in [5.41, 5.74) is -0.508. The Bertz CT molecular complexity index is 1110. The third-order valence-corrected chi connectivity index (χ3v) is 4.88. The normalized spacial score (nSPS) is 13.0. The van der Waals surface area contributed by atoms with Gasteiger partial charge in [0.05, 0.1) is 0 Å². The summed E-state index contributed by atoms with van der Waals surface area (Å²) in [4.78, 5) is 40.7. The molecule has 0 fully saturated rings. The standard InChI is InChI=1S/C28H35N3O5/c1-8-31(23(24(33)30-27(2,3)4)20-16-12-13-17-22(20)32)25(34)21(18-19-14-10-9-11-15-19)29-26(35)36-28(5,6)7/h1,9-17,21,23,32H,18H2,2-7H3,(H,29,35)(H,30,33). The van der Waals surface area contributed by atoms with Gasteiger partial charge in [0.15, 0.2) is 6.04 Å². The number of terminal acetylenes is 1. The van der Waals surface area contributed by atoms with Crippen LogP contribution in [0.3, 0.4) is 0 Å². The van der Waals surface area contributed by atoms with Gasteiger partial charge in [0.1, 0.15) is 17.4 Å². The number of nitrogens with one attached hydrogen (secondary N) is 2. The molecule has 3 amide bonds. The fraction of sp³-hybridized carbons (Fsp3) is 0.393. The molecule has 192 valence electrons. The van der Waals surface area contributed by atoms with Gasteiger partial charge in [-0.25, -0.2) is 4.79 Å². The van der Waals surface area contributed by atoms with E-state index < -0.39 is 41.1 Å². The average molecular weight is 494 g/mol. The number of amides is 3. The maximum atomic E-state index is 13.8. The van der Waals surface area contributed by atoms with Gasteiger partial charge in [0.25, 0.3) is 5.91 Å². The first-order valence-corrected chi connectivity index (χ1v) is 11.6. The molecule has 0 bridgehead atoms. The quantitative estimate of drug-likeness (QED) is 0.401. The van der Waals surface area contributed by atoms with E-state index in [-0.39, 0.29) is 17.7 Å². The van der Waals surface area contributed by atoms with Gasteiger partial charge < -0.3 is 20.5 Å². The molecule has 2 aromatic rings. The van der Waals surface area contributed by atoms with E-state index in [1.165, 1.54) is 12.1 Å². The van der Waals surface area contributed by atoms with Crippen LogP contribution < -0.4 is 10.6 Å². The highest BCUT2D eigenvalue weighted by molar-refractivity contribution is 5.94. The lowest BCUT2D eigenvalue weighted by molar-refractivity contribution is -0.139. The largest absolute Gasteiger partial charge is 0.508 e. The van der Waals surface area contributed by atoms with Gasteiger partial charge in [-0.05, 0) is 53.2 Å². The molecule has 2 rings (SSSR count). The number of benzene rings is 2. The van der Waals surface area contributed by atoms with Crippen LogP contribution in [0.2, 0.25) is 0 Å². The Balaban J connectivity index is 2.51. The minimum absolute atomic E-state index is 0.103. The third-order valence-electron chi connectivity index (χ3n) is 4.88. The Labute approximate surface area is 213 Å². The fourth-order valence-electron chi connectivity index (χ4n) is 3.49. The van der Waals surface area contributed by atoms with E-state index in [9.17, 15) is 19.5 Å². The molecule has 2 atom stereocenters. The number of carbonyl (C=O) groups excluding carboxylic acids is 3. The topological polar surface area (TPSA) is 108 Å². The van der Waals surface area contributed by atoms with Crippen molar-refractivity contribution in [1.82, 2.24) is 15.5 Å². The predicted octanol–water partition coefficient (Wildman–Crippen LogP) is 3.90. The molecular weight excluding hydrogens is 458 g/mol. The van der Waals surface area contributed by atoms with Gasteiger partial charge in [0.2, 0.25) is 5.91 Å². The van der Waals surface area contributed by atoms with Crippen molar-refractivity contribution >= 4 is 17.9 Å². The molecule has 0 saturated carbocycles. The number of ether oxygens (including phenoxy) is 1. The van der Waals surface area contributed by atoms with Crippen LogP contribution in [0.1, 0.15) is 58.7 Å². The van der Waals surface area contributed by atoms with E-state index in [1.54, 1.807) is 53.7 Å². The Morgan fingerprint density at radius 2 is 1.58 bits per heavy atom. The Hall–Kier alpha value is -3.99. The molecule has 3 N–H and O–H groups in total. The molecule has 36 heavy (non-hydrogen) atoms. The van der Waals surface area contributed by atoms with Crippen molar-refractivity contribution in [2.24, 2.45) is 0 Å². The number of hydrogen-bond acceptors (Lipinski definition) is 5. The highest BCUT2D eigenvalue weighted by Crippen LogP contribution is 2.30. The van der Waals surface area contributed by atoms with Gasteiger partial charge in [-0.3, -0.25) is 14.5 Å². The van der Waals surface area contributed by atoms with E-state index in [2.05, 4.69) is 16.7 Å². The van der Waals surface area contributed by atoms with Crippen molar-refractivity contribution in [1.29, 1.82) is 0 Å². The first kappa shape index (κ1) is 28.2. The van der Waals surface area contributed by atoms with E-state index in [0.29, 0.717) is 0 Å². The lowest BCUT2D eigenvalue weighted by atomic mass is 9.99. The molecule has 0 aromatic heterocycles. The monoisotopic (exact) mass is 493 g/mol. The summed E-state index contributed by atoms with van der Waals surface area (Å²) in [5, 5.41) is 16.0. The van der Waals surface area contributed by atoms with Gasteiger partial charge in [-0.2, -0.15) is 0 Å². The van der Waals surface area contributed by atoms with Crippen LogP contribution in [-0.4, -0.2) is 45.1 Å². The number of carbonyl (C=O) groups is 3. The second-order valence-electron chi connectivity index (χ2n) is 10.4. The molecule has 2 unspecified atom stereocenters. The maximum Gasteiger partial charge on any atom is 0.408 e. The smallest absolute Gasteiger partial charge is 0.408 e. The number of hydrogen-bond donors (Lipinski definition) is 3.